The van der Waals surface area contributed by atoms with Gasteiger partial charge in [-0.25, -0.2) is 9.59 Å². The highest BCUT2D eigenvalue weighted by Gasteiger charge is 2.29. The molecule has 0 saturated carbocycles. The third kappa shape index (κ3) is 11.3. The molecule has 2 atom stereocenters. The molecule has 42 heavy (non-hydrogen) atoms. The van der Waals surface area contributed by atoms with Crippen molar-refractivity contribution < 1.29 is 28.7 Å². The van der Waals surface area contributed by atoms with Gasteiger partial charge >= 0.3 is 12.1 Å². The van der Waals surface area contributed by atoms with Gasteiger partial charge in [-0.2, -0.15) is 0 Å². The Labute approximate surface area is 250 Å². The Bertz CT molecular complexity index is 1330. The average molecular weight is 592 g/mol. The number of hydrogen-bond acceptors (Lipinski definition) is 7. The minimum Gasteiger partial charge on any atom is -0.444 e. The molecule has 0 aliphatic rings. The van der Waals surface area contributed by atoms with Gasteiger partial charge in [0.2, 0.25) is 11.8 Å². The molecule has 0 radical (unpaired) electrons. The molecule has 3 amide bonds. The second-order valence-electron chi connectivity index (χ2n) is 10.5. The lowest BCUT2D eigenvalue weighted by molar-refractivity contribution is -0.140. The summed E-state index contributed by atoms with van der Waals surface area (Å²) in [6, 6.07) is 23.4. The highest BCUT2D eigenvalue weighted by atomic mass is 32.2. The minimum absolute atomic E-state index is 0.161. The van der Waals surface area contributed by atoms with Crippen LogP contribution in [0.1, 0.15) is 31.9 Å². The second kappa shape index (κ2) is 15.6. The molecule has 3 rings (SSSR count). The van der Waals surface area contributed by atoms with Crippen molar-refractivity contribution in [3.05, 3.63) is 96.1 Å². The largest absolute Gasteiger partial charge is 0.444 e. The first-order valence-electron chi connectivity index (χ1n) is 13.5. The summed E-state index contributed by atoms with van der Waals surface area (Å²) in [6.45, 7) is 4.74. The minimum atomic E-state index is -1.03. The summed E-state index contributed by atoms with van der Waals surface area (Å²) in [5.41, 5.74) is 0.896. The fraction of sp³-hybridized carbons (Fsp3) is 0.312. The first-order chi connectivity index (χ1) is 20.0. The predicted octanol–water partition coefficient (Wildman–Crippen LogP) is 4.29. The smallest absolute Gasteiger partial charge is 0.408 e. The molecule has 3 N–H and O–H groups in total. The second-order valence-corrected chi connectivity index (χ2v) is 11.4. The lowest BCUT2D eigenvalue weighted by atomic mass is 10.0. The third-order valence-corrected chi connectivity index (χ3v) is 6.63. The Morgan fingerprint density at radius 1 is 0.762 bits per heavy atom. The SMILES string of the molecule is CSc1ccc(OC(=O)[C@H](Cc2ccccc2)NC(=O)[C@H](Cc2ccccc2)NC(=O)CNC(=O)OC(C)(C)C)cc1. The number of carbonyl (C=O) groups is 4. The number of alkyl carbamates (subject to hydrolysis) is 1. The van der Waals surface area contributed by atoms with Gasteiger partial charge in [0, 0.05) is 17.7 Å². The molecule has 9 nitrogen and oxygen atoms in total. The van der Waals surface area contributed by atoms with Crippen molar-refractivity contribution >= 4 is 35.6 Å². The van der Waals surface area contributed by atoms with E-state index in [1.165, 1.54) is 0 Å². The highest BCUT2D eigenvalue weighted by molar-refractivity contribution is 7.98. The van der Waals surface area contributed by atoms with E-state index >= 15 is 0 Å². The van der Waals surface area contributed by atoms with Crippen molar-refractivity contribution in [3.63, 3.8) is 0 Å². The van der Waals surface area contributed by atoms with E-state index in [0.29, 0.717) is 5.75 Å². The number of rotatable bonds is 12. The Balaban J connectivity index is 1.76. The van der Waals surface area contributed by atoms with Crippen LogP contribution in [0.25, 0.3) is 0 Å². The van der Waals surface area contributed by atoms with Crippen molar-refractivity contribution in [1.29, 1.82) is 0 Å². The van der Waals surface area contributed by atoms with E-state index in [-0.39, 0.29) is 12.8 Å². The van der Waals surface area contributed by atoms with E-state index in [2.05, 4.69) is 16.0 Å². The first kappa shape index (κ1) is 32.2. The van der Waals surface area contributed by atoms with Crippen LogP contribution in [-0.4, -0.2) is 54.4 Å². The highest BCUT2D eigenvalue weighted by Crippen LogP contribution is 2.20. The number of thioether (sulfide) groups is 1. The molecule has 0 bridgehead atoms. The zero-order chi connectivity index (χ0) is 30.5. The Morgan fingerprint density at radius 3 is 1.83 bits per heavy atom. The number of carbonyl (C=O) groups excluding carboxylic acids is 4. The molecule has 0 heterocycles. The van der Waals surface area contributed by atoms with Crippen LogP contribution >= 0.6 is 11.8 Å². The third-order valence-electron chi connectivity index (χ3n) is 5.89. The van der Waals surface area contributed by atoms with Crippen LogP contribution in [0.2, 0.25) is 0 Å². The fourth-order valence-electron chi connectivity index (χ4n) is 3.92. The molecule has 0 saturated heterocycles. The van der Waals surface area contributed by atoms with Crippen molar-refractivity contribution in [2.45, 2.75) is 56.2 Å². The standard InChI is InChI=1S/C32H37N3O6S/c1-32(2,3)41-31(39)33-21-28(36)34-26(19-22-11-7-5-8-12-22)29(37)35-27(20-23-13-9-6-10-14-23)30(38)40-24-15-17-25(42-4)18-16-24/h5-18,26-27H,19-21H2,1-4H3,(H,33,39)(H,34,36)(H,35,37)/t26-,27-/m0/s1. The van der Waals surface area contributed by atoms with Crippen molar-refractivity contribution in [2.24, 2.45) is 0 Å². The van der Waals surface area contributed by atoms with E-state index in [0.717, 1.165) is 16.0 Å². The van der Waals surface area contributed by atoms with Crippen LogP contribution in [0.5, 0.6) is 5.75 Å². The van der Waals surface area contributed by atoms with Gasteiger partial charge in [0.1, 0.15) is 30.0 Å². The Kier molecular flexibility index (Phi) is 12.0. The average Bonchev–Trinajstić information content (AvgIpc) is 2.96. The maximum absolute atomic E-state index is 13.6. The van der Waals surface area contributed by atoms with Crippen molar-refractivity contribution in [1.82, 2.24) is 16.0 Å². The van der Waals surface area contributed by atoms with Crippen LogP contribution in [0.4, 0.5) is 4.79 Å². The summed E-state index contributed by atoms with van der Waals surface area (Å²) in [5.74, 6) is -1.44. The monoisotopic (exact) mass is 591 g/mol. The molecule has 0 spiro atoms. The van der Waals surface area contributed by atoms with Crippen LogP contribution in [0.15, 0.2) is 89.8 Å². The number of nitrogens with one attached hydrogen (secondary N) is 3. The van der Waals surface area contributed by atoms with Gasteiger partial charge in [0.05, 0.1) is 0 Å². The first-order valence-corrected chi connectivity index (χ1v) is 14.7. The summed E-state index contributed by atoms with van der Waals surface area (Å²) in [6.07, 6.45) is 1.54. The zero-order valence-electron chi connectivity index (χ0n) is 24.2. The van der Waals surface area contributed by atoms with Gasteiger partial charge in [-0.05, 0) is 62.4 Å². The number of benzene rings is 3. The molecule has 0 aliphatic carbocycles. The maximum atomic E-state index is 13.6. The molecular weight excluding hydrogens is 554 g/mol. The summed E-state index contributed by atoms with van der Waals surface area (Å²) in [5, 5.41) is 7.86. The lowest BCUT2D eigenvalue weighted by Crippen LogP contribution is -2.55. The Morgan fingerprint density at radius 2 is 1.31 bits per heavy atom. The normalized spacial score (nSPS) is 12.4. The zero-order valence-corrected chi connectivity index (χ0v) is 25.0. The number of amides is 3. The topological polar surface area (TPSA) is 123 Å². The number of ether oxygens (including phenoxy) is 2. The summed E-state index contributed by atoms with van der Waals surface area (Å²) in [7, 11) is 0. The van der Waals surface area contributed by atoms with E-state index in [1.54, 1.807) is 44.7 Å². The van der Waals surface area contributed by atoms with Gasteiger partial charge < -0.3 is 25.4 Å². The molecule has 3 aromatic carbocycles. The van der Waals surface area contributed by atoms with Crippen molar-refractivity contribution in [2.75, 3.05) is 12.8 Å². The quantitative estimate of drug-likeness (QED) is 0.163. The van der Waals surface area contributed by atoms with Crippen LogP contribution in [0, 0.1) is 0 Å². The van der Waals surface area contributed by atoms with Gasteiger partial charge in [-0.15, -0.1) is 11.8 Å². The molecular formula is C32H37N3O6S. The van der Waals surface area contributed by atoms with E-state index < -0.39 is 48.1 Å². The molecule has 10 heteroatoms. The molecule has 0 aromatic heterocycles. The van der Waals surface area contributed by atoms with Gasteiger partial charge in [-0.1, -0.05) is 60.7 Å². The van der Waals surface area contributed by atoms with Crippen LogP contribution in [-0.2, 0) is 32.0 Å². The van der Waals surface area contributed by atoms with Crippen molar-refractivity contribution in [3.8, 4) is 5.75 Å². The summed E-state index contributed by atoms with van der Waals surface area (Å²) in [4.78, 5) is 52.7. The predicted molar refractivity (Wildman–Crippen MR) is 162 cm³/mol. The van der Waals surface area contributed by atoms with E-state index in [4.69, 9.17) is 9.47 Å². The van der Waals surface area contributed by atoms with E-state index in [9.17, 15) is 19.2 Å². The Hall–Kier alpha value is -4.31. The molecule has 0 aliphatic heterocycles. The summed E-state index contributed by atoms with van der Waals surface area (Å²) >= 11 is 1.57. The van der Waals surface area contributed by atoms with Gasteiger partial charge in [0.15, 0.2) is 0 Å². The molecule has 3 aromatic rings. The van der Waals surface area contributed by atoms with Crippen LogP contribution in [0.3, 0.4) is 0 Å². The van der Waals surface area contributed by atoms with Gasteiger partial charge in [-0.3, -0.25) is 9.59 Å². The fourth-order valence-corrected chi connectivity index (χ4v) is 4.33. The van der Waals surface area contributed by atoms with E-state index in [1.807, 2.05) is 79.1 Å². The number of hydrogen-bond donors (Lipinski definition) is 3. The number of esters is 1. The lowest BCUT2D eigenvalue weighted by Gasteiger charge is -2.23. The van der Waals surface area contributed by atoms with Crippen LogP contribution < -0.4 is 20.7 Å². The summed E-state index contributed by atoms with van der Waals surface area (Å²) < 4.78 is 10.8. The van der Waals surface area contributed by atoms with Gasteiger partial charge in [0.25, 0.3) is 0 Å². The molecule has 222 valence electrons. The maximum Gasteiger partial charge on any atom is 0.408 e. The molecule has 0 fully saturated rings. The molecule has 0 unspecified atom stereocenters.